The molecule has 0 aromatic carbocycles. The zero-order valence-electron chi connectivity index (χ0n) is 11.6. The Hall–Kier alpha value is -1.89. The van der Waals surface area contributed by atoms with Crippen molar-refractivity contribution in [1.82, 2.24) is 15.3 Å². The number of nitrogens with one attached hydrogen (secondary N) is 1. The number of anilines is 1. The van der Waals surface area contributed by atoms with E-state index in [-0.39, 0.29) is 0 Å². The number of nitrogens with zero attached hydrogens (tertiary/aromatic N) is 2. The minimum atomic E-state index is -0.506. The molecule has 0 aliphatic heterocycles. The van der Waals surface area contributed by atoms with Crippen LogP contribution in [0.25, 0.3) is 0 Å². The number of nitrogens with two attached hydrogens (primary N) is 2. The fourth-order valence-electron chi connectivity index (χ4n) is 1.33. The molecule has 0 atom stereocenters. The van der Waals surface area contributed by atoms with Gasteiger partial charge in [0.1, 0.15) is 17.2 Å². The van der Waals surface area contributed by atoms with Gasteiger partial charge in [-0.25, -0.2) is 14.8 Å². The Bertz CT molecular complexity index is 442. The Morgan fingerprint density at radius 2 is 2.16 bits per heavy atom. The summed E-state index contributed by atoms with van der Waals surface area (Å²) in [6, 6.07) is 0. The molecule has 1 aromatic rings. The van der Waals surface area contributed by atoms with E-state index in [2.05, 4.69) is 15.3 Å². The first-order chi connectivity index (χ1) is 8.81. The second-order valence-corrected chi connectivity index (χ2v) is 5.08. The first-order valence-electron chi connectivity index (χ1n) is 6.09. The summed E-state index contributed by atoms with van der Waals surface area (Å²) in [7, 11) is 0. The Kier molecular flexibility index (Phi) is 5.05. The summed E-state index contributed by atoms with van der Waals surface area (Å²) < 4.78 is 5.10. The van der Waals surface area contributed by atoms with Crippen molar-refractivity contribution in [2.45, 2.75) is 39.3 Å². The number of hydrogen-bond donors (Lipinski definition) is 3. The number of nitrogen functional groups attached to an aromatic ring is 1. The summed E-state index contributed by atoms with van der Waals surface area (Å²) in [5.41, 5.74) is 11.4. The third kappa shape index (κ3) is 5.52. The van der Waals surface area contributed by atoms with Crippen LogP contribution in [0.15, 0.2) is 6.20 Å². The topological polar surface area (TPSA) is 116 Å². The summed E-state index contributed by atoms with van der Waals surface area (Å²) in [5, 5.41) is 2.63. The Balaban J connectivity index is 2.41. The van der Waals surface area contributed by atoms with Crippen molar-refractivity contribution in [3.63, 3.8) is 0 Å². The average Bonchev–Trinajstić information content (AvgIpc) is 2.26. The molecule has 5 N–H and O–H groups in total. The van der Waals surface area contributed by atoms with Gasteiger partial charge in [-0.1, -0.05) is 0 Å². The maximum absolute atomic E-state index is 11.4. The predicted octanol–water partition coefficient (Wildman–Crippen LogP) is 0.585. The van der Waals surface area contributed by atoms with Crippen LogP contribution in [0.2, 0.25) is 0 Å². The molecule has 0 bridgehead atoms. The number of hydrogen-bond acceptors (Lipinski definition) is 6. The summed E-state index contributed by atoms with van der Waals surface area (Å²) in [4.78, 5) is 19.6. The van der Waals surface area contributed by atoms with Gasteiger partial charge in [-0.15, -0.1) is 0 Å². The smallest absolute Gasteiger partial charge is 0.407 e. The molecule has 0 aliphatic carbocycles. The minimum Gasteiger partial charge on any atom is -0.444 e. The van der Waals surface area contributed by atoms with Gasteiger partial charge in [-0.3, -0.25) is 0 Å². The van der Waals surface area contributed by atoms with Crippen LogP contribution in [0.5, 0.6) is 0 Å². The van der Waals surface area contributed by atoms with E-state index in [1.807, 2.05) is 20.8 Å². The molecule has 0 saturated heterocycles. The molecule has 1 rings (SSSR count). The molecule has 19 heavy (non-hydrogen) atoms. The highest BCUT2D eigenvalue weighted by molar-refractivity contribution is 5.67. The number of alkyl carbamates (subject to hydrolysis) is 1. The van der Waals surface area contributed by atoms with Crippen molar-refractivity contribution in [2.75, 3.05) is 12.3 Å². The maximum atomic E-state index is 11.4. The van der Waals surface area contributed by atoms with Gasteiger partial charge in [-0.05, 0) is 20.8 Å². The summed E-state index contributed by atoms with van der Waals surface area (Å²) in [6.07, 6.45) is 1.62. The monoisotopic (exact) mass is 267 g/mol. The van der Waals surface area contributed by atoms with Crippen molar-refractivity contribution < 1.29 is 9.53 Å². The fourth-order valence-corrected chi connectivity index (χ4v) is 1.33. The quantitative estimate of drug-likeness (QED) is 0.735. The number of carbonyl (C=O) groups is 1. The minimum absolute atomic E-state index is 0.308. The molecule has 0 fully saturated rings. The van der Waals surface area contributed by atoms with Crippen molar-refractivity contribution >= 4 is 11.9 Å². The molecule has 0 radical (unpaired) electrons. The van der Waals surface area contributed by atoms with E-state index < -0.39 is 11.7 Å². The van der Waals surface area contributed by atoms with E-state index in [0.29, 0.717) is 36.7 Å². The molecular formula is C12H21N5O2. The van der Waals surface area contributed by atoms with Crippen LogP contribution in [0.1, 0.15) is 32.2 Å². The lowest BCUT2D eigenvalue weighted by Gasteiger charge is -2.19. The van der Waals surface area contributed by atoms with Crippen molar-refractivity contribution in [3.05, 3.63) is 17.6 Å². The summed E-state index contributed by atoms with van der Waals surface area (Å²) in [6.45, 7) is 6.12. The zero-order valence-corrected chi connectivity index (χ0v) is 11.6. The number of carbonyl (C=O) groups excluding carboxylic acids is 1. The molecule has 106 valence electrons. The molecular weight excluding hydrogens is 246 g/mol. The van der Waals surface area contributed by atoms with Crippen LogP contribution < -0.4 is 16.8 Å². The highest BCUT2D eigenvalue weighted by Crippen LogP contribution is 2.07. The number of ether oxygens (including phenoxy) is 1. The third-order valence-corrected chi connectivity index (χ3v) is 2.18. The molecule has 0 unspecified atom stereocenters. The predicted molar refractivity (Wildman–Crippen MR) is 72.3 cm³/mol. The lowest BCUT2D eigenvalue weighted by Crippen LogP contribution is -2.33. The molecule has 1 heterocycles. The van der Waals surface area contributed by atoms with Crippen molar-refractivity contribution in [3.8, 4) is 0 Å². The summed E-state index contributed by atoms with van der Waals surface area (Å²) >= 11 is 0. The zero-order chi connectivity index (χ0) is 14.5. The molecule has 7 heteroatoms. The van der Waals surface area contributed by atoms with Crippen LogP contribution in [0.4, 0.5) is 10.6 Å². The van der Waals surface area contributed by atoms with Crippen LogP contribution >= 0.6 is 0 Å². The molecule has 7 nitrogen and oxygen atoms in total. The normalized spacial score (nSPS) is 11.2. The van der Waals surface area contributed by atoms with E-state index in [0.717, 1.165) is 0 Å². The highest BCUT2D eigenvalue weighted by atomic mass is 16.6. The number of aromatic nitrogens is 2. The molecule has 0 spiro atoms. The van der Waals surface area contributed by atoms with Gasteiger partial charge >= 0.3 is 6.09 Å². The van der Waals surface area contributed by atoms with Gasteiger partial charge < -0.3 is 21.5 Å². The number of rotatable bonds is 4. The average molecular weight is 267 g/mol. The highest BCUT2D eigenvalue weighted by Gasteiger charge is 2.15. The molecule has 0 aliphatic rings. The van der Waals surface area contributed by atoms with Crippen LogP contribution in [0, 0.1) is 0 Å². The van der Waals surface area contributed by atoms with Gasteiger partial charge in [0, 0.05) is 31.3 Å². The molecule has 1 aromatic heterocycles. The first kappa shape index (κ1) is 15.2. The Morgan fingerprint density at radius 1 is 1.47 bits per heavy atom. The van der Waals surface area contributed by atoms with E-state index in [1.54, 1.807) is 6.20 Å². The SMILES string of the molecule is CC(C)(C)OC(=O)NCCc1ncc(CN)c(N)n1. The van der Waals surface area contributed by atoms with Crippen molar-refractivity contribution in [1.29, 1.82) is 0 Å². The first-order valence-corrected chi connectivity index (χ1v) is 6.09. The molecule has 0 saturated carbocycles. The maximum Gasteiger partial charge on any atom is 0.407 e. The number of amides is 1. The van der Waals surface area contributed by atoms with E-state index >= 15 is 0 Å². The lowest BCUT2D eigenvalue weighted by molar-refractivity contribution is 0.0528. The van der Waals surface area contributed by atoms with Crippen LogP contribution in [-0.4, -0.2) is 28.2 Å². The van der Waals surface area contributed by atoms with Gasteiger partial charge in [0.2, 0.25) is 0 Å². The Labute approximate surface area is 112 Å². The third-order valence-electron chi connectivity index (χ3n) is 2.18. The van der Waals surface area contributed by atoms with E-state index in [4.69, 9.17) is 16.2 Å². The van der Waals surface area contributed by atoms with E-state index in [9.17, 15) is 4.79 Å². The van der Waals surface area contributed by atoms with E-state index in [1.165, 1.54) is 0 Å². The van der Waals surface area contributed by atoms with Crippen LogP contribution in [0.3, 0.4) is 0 Å². The van der Waals surface area contributed by atoms with Gasteiger partial charge in [0.25, 0.3) is 0 Å². The van der Waals surface area contributed by atoms with Gasteiger partial charge in [0.15, 0.2) is 0 Å². The van der Waals surface area contributed by atoms with Crippen LogP contribution in [-0.2, 0) is 17.7 Å². The Morgan fingerprint density at radius 3 is 2.68 bits per heavy atom. The fraction of sp³-hybridized carbons (Fsp3) is 0.583. The van der Waals surface area contributed by atoms with Gasteiger partial charge in [0.05, 0.1) is 0 Å². The second kappa shape index (κ2) is 6.33. The van der Waals surface area contributed by atoms with Crippen molar-refractivity contribution in [2.24, 2.45) is 5.73 Å². The second-order valence-electron chi connectivity index (χ2n) is 5.08. The summed E-state index contributed by atoms with van der Waals surface area (Å²) in [5.74, 6) is 0.940. The standard InChI is InChI=1S/C12H21N5O2/c1-12(2,3)19-11(18)15-5-4-9-16-7-8(6-13)10(14)17-9/h7H,4-6,13H2,1-3H3,(H,15,18)(H2,14,16,17). The van der Waals surface area contributed by atoms with Gasteiger partial charge in [-0.2, -0.15) is 0 Å². The lowest BCUT2D eigenvalue weighted by atomic mass is 10.2. The largest absolute Gasteiger partial charge is 0.444 e. The molecule has 1 amide bonds.